The van der Waals surface area contributed by atoms with Crippen molar-refractivity contribution in [3.8, 4) is 6.07 Å². The van der Waals surface area contributed by atoms with E-state index in [2.05, 4.69) is 25.7 Å². The van der Waals surface area contributed by atoms with E-state index in [9.17, 15) is 0 Å². The van der Waals surface area contributed by atoms with E-state index in [0.29, 0.717) is 6.42 Å². The largest absolute Gasteiger partial charge is 0.461 e. The van der Waals surface area contributed by atoms with Crippen LogP contribution in [-0.2, 0) is 4.12 Å². The third kappa shape index (κ3) is 9.88. The molecule has 0 N–H and O–H groups in total. The van der Waals surface area contributed by atoms with Gasteiger partial charge in [0.05, 0.1) is 6.07 Å². The van der Waals surface area contributed by atoms with Gasteiger partial charge in [-0.1, -0.05) is 0 Å². The van der Waals surface area contributed by atoms with E-state index >= 15 is 0 Å². The molecule has 0 bridgehead atoms. The summed E-state index contributed by atoms with van der Waals surface area (Å²) in [5.74, 6) is 0. The van der Waals surface area contributed by atoms with E-state index in [-0.39, 0.29) is 9.76 Å². The van der Waals surface area contributed by atoms with Crippen molar-refractivity contribution in [1.82, 2.24) is 0 Å². The van der Waals surface area contributed by atoms with Gasteiger partial charge < -0.3 is 4.12 Å². The summed E-state index contributed by atoms with van der Waals surface area (Å²) in [6.07, 6.45) is 1.73. The quantitative estimate of drug-likeness (QED) is 0.484. The summed E-state index contributed by atoms with van der Waals surface area (Å²) >= 11 is 0. The van der Waals surface area contributed by atoms with E-state index in [1.807, 2.05) is 0 Å². The lowest BCUT2D eigenvalue weighted by atomic mass is 10.4. The van der Waals surface area contributed by atoms with Crippen LogP contribution in [0.25, 0.3) is 0 Å². The van der Waals surface area contributed by atoms with Gasteiger partial charge in [-0.15, -0.1) is 0 Å². The molecule has 0 saturated heterocycles. The number of rotatable bonds is 5. The first-order valence-corrected chi connectivity index (χ1v) is 9.06. The summed E-state index contributed by atoms with van der Waals surface area (Å²) in [6, 6.07) is 3.31. The van der Waals surface area contributed by atoms with Crippen molar-refractivity contribution in [2.24, 2.45) is 0 Å². The Hall–Kier alpha value is -0.116. The SMILES string of the molecule is C[Si](C)(C)O[SiH2]CCCC#N. The van der Waals surface area contributed by atoms with Crippen LogP contribution < -0.4 is 0 Å². The molecule has 11 heavy (non-hydrogen) atoms. The first kappa shape index (κ1) is 10.9. The first-order valence-electron chi connectivity index (χ1n) is 4.07. The Labute approximate surface area is 72.6 Å². The molecule has 0 unspecified atom stereocenters. The average Bonchev–Trinajstić information content (AvgIpc) is 1.85. The smallest absolute Gasteiger partial charge is 0.169 e. The number of nitrogens with zero attached hydrogens (tertiary/aromatic N) is 1. The van der Waals surface area contributed by atoms with E-state index in [1.165, 1.54) is 0 Å². The molecule has 0 spiro atoms. The second-order valence-corrected chi connectivity index (χ2v) is 10.1. The first-order chi connectivity index (χ1) is 5.06. The summed E-state index contributed by atoms with van der Waals surface area (Å²) in [7, 11) is -1.54. The van der Waals surface area contributed by atoms with Crippen LogP contribution in [-0.4, -0.2) is 18.1 Å². The van der Waals surface area contributed by atoms with Gasteiger partial charge >= 0.3 is 0 Å². The fraction of sp³-hybridized carbons (Fsp3) is 0.857. The van der Waals surface area contributed by atoms with Crippen LogP contribution in [0.15, 0.2) is 0 Å². The van der Waals surface area contributed by atoms with Crippen molar-refractivity contribution in [2.75, 3.05) is 0 Å². The Balaban J connectivity index is 3.10. The predicted molar refractivity (Wildman–Crippen MR) is 52.6 cm³/mol. The molecule has 0 heterocycles. The van der Waals surface area contributed by atoms with Crippen LogP contribution in [0.5, 0.6) is 0 Å². The minimum Gasteiger partial charge on any atom is -0.461 e. The van der Waals surface area contributed by atoms with E-state index in [0.717, 1.165) is 12.5 Å². The fourth-order valence-corrected chi connectivity index (χ4v) is 4.17. The average molecular weight is 187 g/mol. The molecule has 4 heteroatoms. The summed E-state index contributed by atoms with van der Waals surface area (Å²) in [4.78, 5) is 0. The molecule has 0 aliphatic heterocycles. The molecule has 0 amide bonds. The maximum absolute atomic E-state index is 8.26. The Morgan fingerprint density at radius 1 is 1.45 bits per heavy atom. The van der Waals surface area contributed by atoms with Crippen LogP contribution in [0.4, 0.5) is 0 Å². The van der Waals surface area contributed by atoms with Gasteiger partial charge in [0.15, 0.2) is 8.32 Å². The molecule has 0 aromatic heterocycles. The van der Waals surface area contributed by atoms with Gasteiger partial charge in [-0.3, -0.25) is 0 Å². The maximum atomic E-state index is 8.26. The lowest BCUT2D eigenvalue weighted by molar-refractivity contribution is 0.591. The van der Waals surface area contributed by atoms with Crippen LogP contribution in [0, 0.1) is 11.3 Å². The van der Waals surface area contributed by atoms with Gasteiger partial charge in [-0.05, 0) is 32.1 Å². The highest BCUT2D eigenvalue weighted by Crippen LogP contribution is 2.03. The zero-order chi connectivity index (χ0) is 8.74. The zero-order valence-electron chi connectivity index (χ0n) is 7.68. The summed E-state index contributed by atoms with van der Waals surface area (Å²) in [6.45, 7) is 6.64. The van der Waals surface area contributed by atoms with Crippen molar-refractivity contribution >= 4 is 18.1 Å². The standard InChI is InChI=1S/C7H17NOSi2/c1-11(2,3)9-10-7-5-4-6-8/h4-5,7,10H2,1-3H3. The number of unbranched alkanes of at least 4 members (excludes halogenated alkanes) is 1. The molecule has 2 nitrogen and oxygen atoms in total. The Kier molecular flexibility index (Phi) is 5.47. The van der Waals surface area contributed by atoms with Crippen molar-refractivity contribution < 1.29 is 4.12 Å². The second kappa shape index (κ2) is 5.52. The monoisotopic (exact) mass is 187 g/mol. The van der Waals surface area contributed by atoms with Crippen LogP contribution in [0.3, 0.4) is 0 Å². The molecule has 0 aliphatic rings. The number of nitriles is 1. The predicted octanol–water partition coefficient (Wildman–Crippen LogP) is 1.64. The molecule has 0 radical (unpaired) electrons. The Bertz CT molecular complexity index is 136. The lowest BCUT2D eigenvalue weighted by Crippen LogP contribution is -2.27. The van der Waals surface area contributed by atoms with Gasteiger partial charge in [0, 0.05) is 6.42 Å². The van der Waals surface area contributed by atoms with Crippen LogP contribution in [0.1, 0.15) is 12.8 Å². The minimum atomic E-state index is -1.24. The van der Waals surface area contributed by atoms with Gasteiger partial charge in [0.2, 0.25) is 0 Å². The van der Waals surface area contributed by atoms with Crippen molar-refractivity contribution in [3.05, 3.63) is 0 Å². The molecule has 0 aliphatic carbocycles. The lowest BCUT2D eigenvalue weighted by Gasteiger charge is -2.16. The minimum absolute atomic E-state index is 0.303. The van der Waals surface area contributed by atoms with Crippen molar-refractivity contribution in [2.45, 2.75) is 38.5 Å². The van der Waals surface area contributed by atoms with Gasteiger partial charge in [0.25, 0.3) is 0 Å². The van der Waals surface area contributed by atoms with Gasteiger partial charge in [0.1, 0.15) is 9.76 Å². The zero-order valence-corrected chi connectivity index (χ0v) is 10.1. The third-order valence-corrected chi connectivity index (χ3v) is 6.29. The van der Waals surface area contributed by atoms with Crippen LogP contribution in [0.2, 0.25) is 25.7 Å². The molecular formula is C7H17NOSi2. The molecule has 0 rings (SSSR count). The summed E-state index contributed by atoms with van der Waals surface area (Å²) in [5.41, 5.74) is 0. The van der Waals surface area contributed by atoms with Gasteiger partial charge in [-0.25, -0.2) is 0 Å². The highest BCUT2D eigenvalue weighted by atomic mass is 28.4. The number of hydrogen-bond donors (Lipinski definition) is 0. The normalized spacial score (nSPS) is 12.2. The molecule has 0 saturated carbocycles. The molecule has 0 aromatic rings. The molecule has 0 fully saturated rings. The van der Waals surface area contributed by atoms with E-state index < -0.39 is 8.32 Å². The number of hydrogen-bond acceptors (Lipinski definition) is 2. The van der Waals surface area contributed by atoms with Crippen LogP contribution >= 0.6 is 0 Å². The summed E-state index contributed by atoms with van der Waals surface area (Å²) < 4.78 is 5.74. The van der Waals surface area contributed by atoms with Crippen molar-refractivity contribution in [1.29, 1.82) is 5.26 Å². The topological polar surface area (TPSA) is 33.0 Å². The fourth-order valence-electron chi connectivity index (χ4n) is 0.684. The van der Waals surface area contributed by atoms with E-state index in [1.54, 1.807) is 0 Å². The summed E-state index contributed by atoms with van der Waals surface area (Å²) in [5, 5.41) is 8.26. The van der Waals surface area contributed by atoms with Crippen molar-refractivity contribution in [3.63, 3.8) is 0 Å². The molecule has 0 atom stereocenters. The highest BCUT2D eigenvalue weighted by Gasteiger charge is 2.12. The highest BCUT2D eigenvalue weighted by molar-refractivity contribution is 6.73. The molecular weight excluding hydrogens is 170 g/mol. The Morgan fingerprint density at radius 2 is 2.09 bits per heavy atom. The Morgan fingerprint density at radius 3 is 2.55 bits per heavy atom. The molecule has 0 aromatic carbocycles. The molecule has 64 valence electrons. The third-order valence-electron chi connectivity index (χ3n) is 1.22. The maximum Gasteiger partial charge on any atom is 0.169 e. The van der Waals surface area contributed by atoms with Gasteiger partial charge in [-0.2, -0.15) is 5.26 Å². The van der Waals surface area contributed by atoms with E-state index in [4.69, 9.17) is 9.38 Å². The second-order valence-electron chi connectivity index (χ2n) is 3.58.